The van der Waals surface area contributed by atoms with Gasteiger partial charge in [0.25, 0.3) is 0 Å². The molecule has 0 aromatic heterocycles. The number of nitrogens with zero attached hydrogens (tertiary/aromatic N) is 2. The van der Waals surface area contributed by atoms with Crippen molar-refractivity contribution in [1.29, 1.82) is 0 Å². The summed E-state index contributed by atoms with van der Waals surface area (Å²) in [5.74, 6) is 0.562. The first kappa shape index (κ1) is 20.6. The van der Waals surface area contributed by atoms with E-state index >= 15 is 0 Å². The van der Waals surface area contributed by atoms with Gasteiger partial charge in [-0.15, -0.1) is 0 Å². The smallest absolute Gasteiger partial charge is 0.243 e. The van der Waals surface area contributed by atoms with Gasteiger partial charge in [0.05, 0.1) is 4.90 Å². The first-order chi connectivity index (χ1) is 11.2. The summed E-state index contributed by atoms with van der Waals surface area (Å²) in [6.07, 6.45) is 1.05. The van der Waals surface area contributed by atoms with Crippen molar-refractivity contribution in [1.82, 2.24) is 9.21 Å². The molecule has 6 heteroatoms. The highest BCUT2D eigenvalue weighted by molar-refractivity contribution is 7.89. The van der Waals surface area contributed by atoms with Gasteiger partial charge in [0.15, 0.2) is 0 Å². The van der Waals surface area contributed by atoms with Gasteiger partial charge in [0.2, 0.25) is 15.9 Å². The lowest BCUT2D eigenvalue weighted by Crippen LogP contribution is -2.30. The Bertz CT molecular complexity index is 620. The van der Waals surface area contributed by atoms with Gasteiger partial charge in [0.1, 0.15) is 0 Å². The molecule has 0 saturated heterocycles. The molecule has 0 bridgehead atoms. The van der Waals surface area contributed by atoms with Gasteiger partial charge in [-0.1, -0.05) is 39.8 Å². The van der Waals surface area contributed by atoms with Crippen molar-refractivity contribution < 1.29 is 13.2 Å². The Morgan fingerprint density at radius 2 is 1.62 bits per heavy atom. The number of rotatable bonds is 9. The molecule has 5 nitrogen and oxygen atoms in total. The zero-order chi connectivity index (χ0) is 18.3. The van der Waals surface area contributed by atoms with Gasteiger partial charge in [-0.3, -0.25) is 4.79 Å². The van der Waals surface area contributed by atoms with Crippen LogP contribution in [0, 0.1) is 5.92 Å². The minimum atomic E-state index is -3.42. The Hall–Kier alpha value is -1.40. The maximum absolute atomic E-state index is 12.4. The molecule has 0 radical (unpaired) electrons. The number of carbonyl (C=O) groups is 1. The van der Waals surface area contributed by atoms with E-state index in [1.807, 2.05) is 20.9 Å². The van der Waals surface area contributed by atoms with E-state index in [9.17, 15) is 13.2 Å². The SMILES string of the molecule is CCN(CC)S(=O)(=O)c1ccc(CCC(=O)N(C)CC(C)C)cc1. The molecule has 0 heterocycles. The Labute approximate surface area is 146 Å². The monoisotopic (exact) mass is 354 g/mol. The third kappa shape index (κ3) is 5.60. The first-order valence-electron chi connectivity index (χ1n) is 8.55. The molecule has 1 aromatic carbocycles. The number of aryl methyl sites for hydroxylation is 1. The third-order valence-electron chi connectivity index (χ3n) is 3.96. The summed E-state index contributed by atoms with van der Waals surface area (Å²) < 4.78 is 26.3. The number of benzene rings is 1. The van der Waals surface area contributed by atoms with Crippen LogP contribution in [0.2, 0.25) is 0 Å². The second-order valence-corrected chi connectivity index (χ2v) is 8.34. The summed E-state index contributed by atoms with van der Waals surface area (Å²) >= 11 is 0. The van der Waals surface area contributed by atoms with Gasteiger partial charge in [-0.05, 0) is 30.0 Å². The molecule has 0 spiro atoms. The lowest BCUT2D eigenvalue weighted by molar-refractivity contribution is -0.130. The van der Waals surface area contributed by atoms with Crippen LogP contribution in [-0.2, 0) is 21.2 Å². The van der Waals surface area contributed by atoms with Crippen LogP contribution < -0.4 is 0 Å². The van der Waals surface area contributed by atoms with Crippen LogP contribution in [0.15, 0.2) is 29.2 Å². The molecule has 0 saturated carbocycles. The number of hydrogen-bond acceptors (Lipinski definition) is 3. The summed E-state index contributed by atoms with van der Waals surface area (Å²) in [5, 5.41) is 0. The fourth-order valence-electron chi connectivity index (χ4n) is 2.63. The molecular formula is C18H30N2O3S. The zero-order valence-corrected chi connectivity index (χ0v) is 16.3. The quantitative estimate of drug-likeness (QED) is 0.685. The fourth-order valence-corrected chi connectivity index (χ4v) is 4.09. The van der Waals surface area contributed by atoms with Crippen molar-refractivity contribution in [3.8, 4) is 0 Å². The molecule has 1 aromatic rings. The standard InChI is InChI=1S/C18H30N2O3S/c1-6-20(7-2)24(22,23)17-11-8-16(9-12-17)10-13-18(21)19(5)14-15(3)4/h8-9,11-12,15H,6-7,10,13-14H2,1-5H3. The molecule has 0 atom stereocenters. The fraction of sp³-hybridized carbons (Fsp3) is 0.611. The van der Waals surface area contributed by atoms with Gasteiger partial charge >= 0.3 is 0 Å². The van der Waals surface area contributed by atoms with Crippen LogP contribution in [-0.4, -0.2) is 50.2 Å². The van der Waals surface area contributed by atoms with E-state index in [1.54, 1.807) is 29.2 Å². The van der Waals surface area contributed by atoms with E-state index in [4.69, 9.17) is 0 Å². The topological polar surface area (TPSA) is 57.7 Å². The molecule has 1 amide bonds. The second-order valence-electron chi connectivity index (χ2n) is 6.40. The van der Waals surface area contributed by atoms with Crippen molar-refractivity contribution in [3.63, 3.8) is 0 Å². The van der Waals surface area contributed by atoms with Crippen LogP contribution >= 0.6 is 0 Å². The molecule has 0 aliphatic carbocycles. The van der Waals surface area contributed by atoms with Crippen molar-refractivity contribution in [2.24, 2.45) is 5.92 Å². The maximum Gasteiger partial charge on any atom is 0.243 e. The zero-order valence-electron chi connectivity index (χ0n) is 15.4. The maximum atomic E-state index is 12.4. The largest absolute Gasteiger partial charge is 0.345 e. The van der Waals surface area contributed by atoms with E-state index < -0.39 is 10.0 Å². The van der Waals surface area contributed by atoms with Crippen LogP contribution in [0.5, 0.6) is 0 Å². The molecule has 0 unspecified atom stereocenters. The Kier molecular flexibility index (Phi) is 7.90. The molecular weight excluding hydrogens is 324 g/mol. The average Bonchev–Trinajstić information content (AvgIpc) is 2.53. The molecule has 0 aliphatic heterocycles. The van der Waals surface area contributed by atoms with Crippen LogP contribution in [0.3, 0.4) is 0 Å². The molecule has 0 aliphatic rings. The molecule has 0 fully saturated rings. The van der Waals surface area contributed by atoms with E-state index in [0.717, 1.165) is 12.1 Å². The Balaban J connectivity index is 2.70. The van der Waals surface area contributed by atoms with Crippen molar-refractivity contribution in [2.45, 2.75) is 45.4 Å². The van der Waals surface area contributed by atoms with Gasteiger partial charge in [0, 0.05) is 33.1 Å². The lowest BCUT2D eigenvalue weighted by Gasteiger charge is -2.19. The lowest BCUT2D eigenvalue weighted by atomic mass is 10.1. The van der Waals surface area contributed by atoms with Crippen molar-refractivity contribution in [3.05, 3.63) is 29.8 Å². The van der Waals surface area contributed by atoms with Crippen molar-refractivity contribution >= 4 is 15.9 Å². The molecule has 1 rings (SSSR count). The predicted molar refractivity (Wildman–Crippen MR) is 97.3 cm³/mol. The number of sulfonamides is 1. The highest BCUT2D eigenvalue weighted by atomic mass is 32.2. The number of hydrogen-bond donors (Lipinski definition) is 0. The van der Waals surface area contributed by atoms with Crippen LogP contribution in [0.1, 0.15) is 39.7 Å². The molecule has 136 valence electrons. The highest BCUT2D eigenvalue weighted by Gasteiger charge is 2.21. The summed E-state index contributed by atoms with van der Waals surface area (Å²) in [6.45, 7) is 9.48. The van der Waals surface area contributed by atoms with Crippen LogP contribution in [0.25, 0.3) is 0 Å². The summed E-state index contributed by atoms with van der Waals surface area (Å²) in [5.41, 5.74) is 0.972. The van der Waals surface area contributed by atoms with Gasteiger partial charge in [-0.25, -0.2) is 8.42 Å². The molecule has 24 heavy (non-hydrogen) atoms. The number of amides is 1. The second kappa shape index (κ2) is 9.18. The Morgan fingerprint density at radius 3 is 2.08 bits per heavy atom. The summed E-state index contributed by atoms with van der Waals surface area (Å²) in [4.78, 5) is 14.1. The summed E-state index contributed by atoms with van der Waals surface area (Å²) in [7, 11) is -1.60. The average molecular weight is 355 g/mol. The first-order valence-corrected chi connectivity index (χ1v) is 9.99. The Morgan fingerprint density at radius 1 is 1.08 bits per heavy atom. The number of carbonyl (C=O) groups excluding carboxylic acids is 1. The van der Waals surface area contributed by atoms with E-state index in [1.165, 1.54) is 4.31 Å². The minimum Gasteiger partial charge on any atom is -0.345 e. The van der Waals surface area contributed by atoms with Gasteiger partial charge < -0.3 is 4.90 Å². The van der Waals surface area contributed by atoms with E-state index in [2.05, 4.69) is 13.8 Å². The summed E-state index contributed by atoms with van der Waals surface area (Å²) in [6, 6.07) is 6.86. The third-order valence-corrected chi connectivity index (χ3v) is 6.02. The predicted octanol–water partition coefficient (Wildman–Crippen LogP) is 2.76. The van der Waals surface area contributed by atoms with E-state index in [0.29, 0.717) is 36.7 Å². The van der Waals surface area contributed by atoms with E-state index in [-0.39, 0.29) is 5.91 Å². The van der Waals surface area contributed by atoms with Crippen LogP contribution in [0.4, 0.5) is 0 Å². The normalized spacial score (nSPS) is 12.0. The van der Waals surface area contributed by atoms with Gasteiger partial charge in [-0.2, -0.15) is 4.31 Å². The van der Waals surface area contributed by atoms with Crippen molar-refractivity contribution in [2.75, 3.05) is 26.7 Å². The highest BCUT2D eigenvalue weighted by Crippen LogP contribution is 2.17. The molecule has 0 N–H and O–H groups in total. The minimum absolute atomic E-state index is 0.114.